The first-order chi connectivity index (χ1) is 11.5. The highest BCUT2D eigenvalue weighted by molar-refractivity contribution is 5.79. The molecular weight excluding hydrogens is 304 g/mol. The molecule has 2 N–H and O–H groups in total. The quantitative estimate of drug-likeness (QED) is 0.534. The van der Waals surface area contributed by atoms with Crippen LogP contribution in [-0.2, 0) is 6.54 Å². The second-order valence-electron chi connectivity index (χ2n) is 5.89. The number of nitrogens with one attached hydrogen (secondary N) is 2. The van der Waals surface area contributed by atoms with Crippen LogP contribution in [0.5, 0.6) is 11.5 Å². The van der Waals surface area contributed by atoms with Crippen LogP contribution < -0.4 is 20.1 Å². The van der Waals surface area contributed by atoms with Gasteiger partial charge in [-0.05, 0) is 45.5 Å². The van der Waals surface area contributed by atoms with Gasteiger partial charge in [-0.15, -0.1) is 0 Å². The van der Waals surface area contributed by atoms with Crippen LogP contribution in [0.4, 0.5) is 0 Å². The average Bonchev–Trinajstić information content (AvgIpc) is 2.58. The summed E-state index contributed by atoms with van der Waals surface area (Å²) in [4.78, 5) is 6.93. The van der Waals surface area contributed by atoms with Crippen molar-refractivity contribution in [3.05, 3.63) is 23.8 Å². The van der Waals surface area contributed by atoms with Crippen LogP contribution in [0.15, 0.2) is 23.2 Å². The van der Waals surface area contributed by atoms with Crippen LogP contribution in [0.1, 0.15) is 26.3 Å². The summed E-state index contributed by atoms with van der Waals surface area (Å²) in [7, 11) is 5.40. The van der Waals surface area contributed by atoms with Crippen molar-refractivity contribution in [2.24, 2.45) is 4.99 Å². The fraction of sp³-hybridized carbons (Fsp3) is 0.611. The number of hydrogen-bond donors (Lipinski definition) is 2. The summed E-state index contributed by atoms with van der Waals surface area (Å²) in [5.74, 6) is 2.28. The molecule has 0 fully saturated rings. The van der Waals surface area contributed by atoms with Crippen LogP contribution >= 0.6 is 0 Å². The number of aliphatic imine (C=N–C) groups is 1. The Kier molecular flexibility index (Phi) is 9.01. The predicted octanol–water partition coefficient (Wildman–Crippen LogP) is 2.10. The Morgan fingerprint density at radius 1 is 1.17 bits per heavy atom. The van der Waals surface area contributed by atoms with E-state index in [1.807, 2.05) is 18.2 Å². The second-order valence-corrected chi connectivity index (χ2v) is 5.89. The van der Waals surface area contributed by atoms with E-state index in [1.54, 1.807) is 14.2 Å². The Balaban J connectivity index is 2.65. The predicted molar refractivity (Wildman–Crippen MR) is 100 cm³/mol. The molecule has 1 aromatic carbocycles. The summed E-state index contributed by atoms with van der Waals surface area (Å²) in [6, 6.07) is 6.40. The molecule has 0 atom stereocenters. The Morgan fingerprint density at radius 2 is 1.88 bits per heavy atom. The molecule has 0 saturated heterocycles. The highest BCUT2D eigenvalue weighted by Crippen LogP contribution is 2.27. The number of ether oxygens (including phenoxy) is 2. The van der Waals surface area contributed by atoms with Crippen molar-refractivity contribution >= 4 is 5.96 Å². The molecule has 1 aromatic rings. The Hall–Kier alpha value is -1.95. The first-order valence-corrected chi connectivity index (χ1v) is 8.45. The molecule has 136 valence electrons. The van der Waals surface area contributed by atoms with Crippen LogP contribution in [0.3, 0.4) is 0 Å². The first-order valence-electron chi connectivity index (χ1n) is 8.45. The van der Waals surface area contributed by atoms with Gasteiger partial charge in [-0.1, -0.05) is 6.07 Å². The molecule has 6 heteroatoms. The lowest BCUT2D eigenvalue weighted by molar-refractivity contribution is 0.278. The van der Waals surface area contributed by atoms with Gasteiger partial charge < -0.3 is 25.0 Å². The molecule has 24 heavy (non-hydrogen) atoms. The monoisotopic (exact) mass is 336 g/mol. The van der Waals surface area contributed by atoms with E-state index in [9.17, 15) is 0 Å². The maximum absolute atomic E-state index is 5.33. The van der Waals surface area contributed by atoms with Crippen LogP contribution in [0.2, 0.25) is 0 Å². The zero-order valence-electron chi connectivity index (χ0n) is 15.8. The van der Waals surface area contributed by atoms with Gasteiger partial charge in [-0.2, -0.15) is 0 Å². The number of likely N-dealkylation sites (N-methyl/N-ethyl adjacent to an activating group) is 1. The summed E-state index contributed by atoms with van der Waals surface area (Å²) in [6.07, 6.45) is 0. The van der Waals surface area contributed by atoms with E-state index in [0.29, 0.717) is 12.6 Å². The normalized spacial score (nSPS) is 11.8. The number of nitrogens with zero attached hydrogens (tertiary/aromatic N) is 2. The van der Waals surface area contributed by atoms with E-state index in [0.717, 1.165) is 42.7 Å². The van der Waals surface area contributed by atoms with E-state index in [2.05, 4.69) is 48.3 Å². The van der Waals surface area contributed by atoms with Gasteiger partial charge in [-0.3, -0.25) is 0 Å². The zero-order chi connectivity index (χ0) is 17.9. The number of methoxy groups -OCH3 is 2. The first kappa shape index (κ1) is 20.1. The van der Waals surface area contributed by atoms with E-state index in [-0.39, 0.29) is 0 Å². The largest absolute Gasteiger partial charge is 0.493 e. The molecule has 0 aliphatic heterocycles. The second kappa shape index (κ2) is 10.8. The molecule has 0 aliphatic carbocycles. The topological polar surface area (TPSA) is 58.1 Å². The van der Waals surface area contributed by atoms with E-state index < -0.39 is 0 Å². The lowest BCUT2D eigenvalue weighted by Gasteiger charge is -2.21. The van der Waals surface area contributed by atoms with E-state index in [4.69, 9.17) is 9.47 Å². The minimum atomic E-state index is 0.540. The van der Waals surface area contributed by atoms with Crippen molar-refractivity contribution < 1.29 is 9.47 Å². The fourth-order valence-corrected chi connectivity index (χ4v) is 2.10. The Morgan fingerprint density at radius 3 is 2.46 bits per heavy atom. The molecule has 0 aliphatic rings. The van der Waals surface area contributed by atoms with Gasteiger partial charge in [0.25, 0.3) is 0 Å². The summed E-state index contributed by atoms with van der Waals surface area (Å²) < 4.78 is 10.6. The van der Waals surface area contributed by atoms with Gasteiger partial charge in [0, 0.05) is 25.7 Å². The van der Waals surface area contributed by atoms with Gasteiger partial charge in [0.2, 0.25) is 0 Å². The summed E-state index contributed by atoms with van der Waals surface area (Å²) >= 11 is 0. The van der Waals surface area contributed by atoms with Crippen molar-refractivity contribution in [3.8, 4) is 11.5 Å². The molecule has 0 amide bonds. The van der Waals surface area contributed by atoms with Crippen LogP contribution in [-0.4, -0.2) is 57.8 Å². The number of guanidine groups is 1. The minimum absolute atomic E-state index is 0.540. The third-order valence-corrected chi connectivity index (χ3v) is 3.85. The molecule has 0 unspecified atom stereocenters. The van der Waals surface area contributed by atoms with Crippen molar-refractivity contribution in [3.63, 3.8) is 0 Å². The minimum Gasteiger partial charge on any atom is -0.493 e. The molecule has 0 heterocycles. The summed E-state index contributed by atoms with van der Waals surface area (Å²) in [5, 5.41) is 6.64. The highest BCUT2D eigenvalue weighted by Gasteiger charge is 2.06. The van der Waals surface area contributed by atoms with Crippen molar-refractivity contribution in [2.75, 3.05) is 40.9 Å². The number of hydrogen-bond acceptors (Lipinski definition) is 4. The van der Waals surface area contributed by atoms with E-state index in [1.165, 1.54) is 0 Å². The van der Waals surface area contributed by atoms with Gasteiger partial charge in [0.1, 0.15) is 0 Å². The summed E-state index contributed by atoms with van der Waals surface area (Å²) in [5.41, 5.74) is 1.07. The number of rotatable bonds is 9. The van der Waals surface area contributed by atoms with Gasteiger partial charge >= 0.3 is 0 Å². The maximum atomic E-state index is 5.33. The van der Waals surface area contributed by atoms with Gasteiger partial charge in [0.05, 0.1) is 20.8 Å². The molecule has 0 aromatic heterocycles. The molecule has 0 saturated carbocycles. The average molecular weight is 336 g/mol. The lowest BCUT2D eigenvalue weighted by Crippen LogP contribution is -2.42. The smallest absolute Gasteiger partial charge is 0.191 e. The Labute approximate surface area is 146 Å². The van der Waals surface area contributed by atoms with Crippen molar-refractivity contribution in [1.82, 2.24) is 15.5 Å². The van der Waals surface area contributed by atoms with Crippen molar-refractivity contribution in [1.29, 1.82) is 0 Å². The molecule has 1 rings (SSSR count). The standard InChI is InChI=1S/C18H32N4O2/c1-7-19-18(20-10-11-22(4)14(2)3)21-13-15-8-9-16(23-5)17(12-15)24-6/h8-9,12,14H,7,10-11,13H2,1-6H3,(H2,19,20,21). The molecular formula is C18H32N4O2. The van der Waals surface area contributed by atoms with E-state index >= 15 is 0 Å². The molecule has 0 radical (unpaired) electrons. The Bertz CT molecular complexity index is 518. The zero-order valence-corrected chi connectivity index (χ0v) is 15.8. The number of benzene rings is 1. The van der Waals surface area contributed by atoms with Gasteiger partial charge in [-0.25, -0.2) is 4.99 Å². The van der Waals surface area contributed by atoms with Crippen LogP contribution in [0, 0.1) is 0 Å². The third kappa shape index (κ3) is 6.66. The lowest BCUT2D eigenvalue weighted by atomic mass is 10.2. The molecule has 6 nitrogen and oxygen atoms in total. The van der Waals surface area contributed by atoms with Gasteiger partial charge in [0.15, 0.2) is 17.5 Å². The van der Waals surface area contributed by atoms with Crippen molar-refractivity contribution in [2.45, 2.75) is 33.4 Å². The summed E-state index contributed by atoms with van der Waals surface area (Å²) in [6.45, 7) is 9.68. The van der Waals surface area contributed by atoms with Crippen LogP contribution in [0.25, 0.3) is 0 Å². The fourth-order valence-electron chi connectivity index (χ4n) is 2.10. The molecule has 0 bridgehead atoms. The third-order valence-electron chi connectivity index (χ3n) is 3.85. The highest BCUT2D eigenvalue weighted by atomic mass is 16.5. The SMILES string of the molecule is CCNC(=NCc1ccc(OC)c(OC)c1)NCCN(C)C(C)C. The maximum Gasteiger partial charge on any atom is 0.191 e. The molecule has 0 spiro atoms.